The summed E-state index contributed by atoms with van der Waals surface area (Å²) < 4.78 is 6.66. The molecule has 0 saturated carbocycles. The van der Waals surface area contributed by atoms with Crippen LogP contribution >= 0.6 is 22.7 Å². The number of carbonyl (C=O) groups excluding carboxylic acids is 2. The van der Waals surface area contributed by atoms with E-state index in [1.165, 1.54) is 22.2 Å². The van der Waals surface area contributed by atoms with Gasteiger partial charge in [0.2, 0.25) is 5.91 Å². The molecule has 0 unspecified atom stereocenters. The van der Waals surface area contributed by atoms with Crippen LogP contribution in [0.1, 0.15) is 12.8 Å². The molecule has 31 heavy (non-hydrogen) atoms. The summed E-state index contributed by atoms with van der Waals surface area (Å²) in [7, 11) is 0. The summed E-state index contributed by atoms with van der Waals surface area (Å²) in [5.41, 5.74) is 1.35. The summed E-state index contributed by atoms with van der Waals surface area (Å²) in [6.07, 6.45) is 2.78. The van der Waals surface area contributed by atoms with Crippen LogP contribution in [0.15, 0.2) is 58.3 Å². The second-order valence-corrected chi connectivity index (χ2v) is 8.91. The maximum absolute atomic E-state index is 13.0. The molecule has 1 fully saturated rings. The van der Waals surface area contributed by atoms with Crippen LogP contribution in [-0.2, 0) is 16.1 Å². The van der Waals surface area contributed by atoms with Crippen LogP contribution in [0.2, 0.25) is 0 Å². The third-order valence-corrected chi connectivity index (χ3v) is 6.89. The molecule has 1 aliphatic heterocycles. The number of aromatic nitrogens is 2. The van der Waals surface area contributed by atoms with E-state index >= 15 is 0 Å². The zero-order valence-electron chi connectivity index (χ0n) is 16.3. The average Bonchev–Trinajstić information content (AvgIpc) is 3.51. The maximum atomic E-state index is 13.0. The number of carbonyl (C=O) groups is 2. The molecule has 4 aromatic rings. The van der Waals surface area contributed by atoms with E-state index in [-0.39, 0.29) is 18.0 Å². The van der Waals surface area contributed by atoms with Gasteiger partial charge in [-0.15, -0.1) is 22.7 Å². The smallest absolute Gasteiger partial charge is 0.331 e. The summed E-state index contributed by atoms with van der Waals surface area (Å²) in [5.74, 6) is -0.110. The van der Waals surface area contributed by atoms with Crippen molar-refractivity contribution in [2.45, 2.75) is 19.4 Å². The molecule has 1 saturated heterocycles. The van der Waals surface area contributed by atoms with Crippen molar-refractivity contribution in [3.05, 3.63) is 63.8 Å². The number of thiophene rings is 2. The lowest BCUT2D eigenvalue weighted by atomic mass is 10.2. The topological polar surface area (TPSA) is 81.5 Å². The zero-order valence-corrected chi connectivity index (χ0v) is 17.9. The largest absolute Gasteiger partial charge is 0.425 e. The van der Waals surface area contributed by atoms with Gasteiger partial charge in [-0.25, -0.2) is 9.78 Å². The molecule has 9 heteroatoms. The lowest BCUT2D eigenvalue weighted by molar-refractivity contribution is -0.135. The number of benzene rings is 1. The Morgan fingerprint density at radius 1 is 1.13 bits per heavy atom. The molecule has 0 spiro atoms. The Morgan fingerprint density at radius 3 is 2.68 bits per heavy atom. The molecule has 0 radical (unpaired) electrons. The first kappa shape index (κ1) is 19.7. The zero-order chi connectivity index (χ0) is 21.4. The first-order chi connectivity index (χ1) is 15.1. The molecule has 3 aromatic heterocycles. The number of nitrogens with zero attached hydrogens (tertiary/aromatic N) is 3. The third kappa shape index (κ3) is 3.77. The van der Waals surface area contributed by atoms with Crippen molar-refractivity contribution in [3.63, 3.8) is 0 Å². The van der Waals surface area contributed by atoms with Crippen molar-refractivity contribution >= 4 is 50.5 Å². The lowest BCUT2D eigenvalue weighted by Gasteiger charge is -2.15. The highest BCUT2D eigenvalue weighted by Gasteiger charge is 2.21. The quantitative estimate of drug-likeness (QED) is 0.339. The number of rotatable bonds is 5. The second kappa shape index (κ2) is 8.09. The van der Waals surface area contributed by atoms with E-state index in [0.717, 1.165) is 22.5 Å². The molecule has 1 aromatic carbocycles. The number of esters is 1. The Kier molecular flexibility index (Phi) is 5.13. The minimum absolute atomic E-state index is 0.0994. The van der Waals surface area contributed by atoms with E-state index in [1.54, 1.807) is 40.5 Å². The van der Waals surface area contributed by atoms with Crippen molar-refractivity contribution in [2.75, 3.05) is 11.4 Å². The van der Waals surface area contributed by atoms with Gasteiger partial charge in [0.25, 0.3) is 5.56 Å². The maximum Gasteiger partial charge on any atom is 0.331 e. The van der Waals surface area contributed by atoms with Gasteiger partial charge < -0.3 is 9.64 Å². The fraction of sp³-hybridized carbons (Fsp3) is 0.182. The van der Waals surface area contributed by atoms with E-state index in [4.69, 9.17) is 4.74 Å². The Bertz CT molecular complexity index is 1320. The summed E-state index contributed by atoms with van der Waals surface area (Å²) in [5, 5.41) is 4.39. The van der Waals surface area contributed by atoms with Gasteiger partial charge in [-0.1, -0.05) is 6.07 Å². The van der Waals surface area contributed by atoms with Crippen molar-refractivity contribution in [3.8, 4) is 16.2 Å². The summed E-state index contributed by atoms with van der Waals surface area (Å²) in [6, 6.07) is 10.7. The lowest BCUT2D eigenvalue weighted by Crippen LogP contribution is -2.26. The monoisotopic (exact) mass is 451 g/mol. The molecule has 4 heterocycles. The molecule has 156 valence electrons. The minimum Gasteiger partial charge on any atom is -0.425 e. The van der Waals surface area contributed by atoms with Gasteiger partial charge in [-0.3, -0.25) is 14.2 Å². The van der Waals surface area contributed by atoms with Crippen LogP contribution in [0.5, 0.6) is 5.75 Å². The molecule has 0 N–H and O–H groups in total. The van der Waals surface area contributed by atoms with Crippen molar-refractivity contribution < 1.29 is 14.3 Å². The molecule has 7 nitrogen and oxygen atoms in total. The van der Waals surface area contributed by atoms with Gasteiger partial charge in [0.15, 0.2) is 0 Å². The summed E-state index contributed by atoms with van der Waals surface area (Å²) in [6.45, 7) is 0.459. The number of hydrogen-bond donors (Lipinski definition) is 0. The summed E-state index contributed by atoms with van der Waals surface area (Å²) in [4.78, 5) is 45.0. The van der Waals surface area contributed by atoms with Gasteiger partial charge in [0.1, 0.15) is 17.1 Å². The average molecular weight is 452 g/mol. The molecule has 0 bridgehead atoms. The van der Waals surface area contributed by atoms with Crippen molar-refractivity contribution in [2.24, 2.45) is 0 Å². The van der Waals surface area contributed by atoms with Crippen molar-refractivity contribution in [1.29, 1.82) is 0 Å². The highest BCUT2D eigenvalue weighted by molar-refractivity contribution is 7.18. The predicted octanol–water partition coefficient (Wildman–Crippen LogP) is 3.92. The van der Waals surface area contributed by atoms with Gasteiger partial charge in [0.05, 0.1) is 11.7 Å². The standard InChI is InChI=1S/C22H17N3O4S2/c26-18-4-1-9-25(18)14-5-7-15(8-6-14)29-19(27)11-24-13-23-21-20(22(24)28)16(12-31-21)17-3-2-10-30-17/h2-3,5-8,10,12-13H,1,4,9,11H2. The Hall–Kier alpha value is -3.30. The van der Waals surface area contributed by atoms with E-state index in [0.29, 0.717) is 28.9 Å². The summed E-state index contributed by atoms with van der Waals surface area (Å²) >= 11 is 2.96. The Morgan fingerprint density at radius 2 is 1.97 bits per heavy atom. The number of anilines is 1. The highest BCUT2D eigenvalue weighted by atomic mass is 32.1. The van der Waals surface area contributed by atoms with Crippen LogP contribution in [0.3, 0.4) is 0 Å². The van der Waals surface area contributed by atoms with Crippen LogP contribution in [0, 0.1) is 0 Å². The van der Waals surface area contributed by atoms with Crippen LogP contribution in [-0.4, -0.2) is 28.0 Å². The van der Waals surface area contributed by atoms with Crippen molar-refractivity contribution in [1.82, 2.24) is 9.55 Å². The van der Waals surface area contributed by atoms with E-state index in [1.807, 2.05) is 22.9 Å². The van der Waals surface area contributed by atoms with Gasteiger partial charge in [0, 0.05) is 34.5 Å². The predicted molar refractivity (Wildman–Crippen MR) is 121 cm³/mol. The molecule has 1 aliphatic rings. The number of amides is 1. The third-order valence-electron chi connectivity index (χ3n) is 5.10. The molecular formula is C22H17N3O4S2. The highest BCUT2D eigenvalue weighted by Crippen LogP contribution is 2.33. The van der Waals surface area contributed by atoms with Crippen LogP contribution < -0.4 is 15.2 Å². The van der Waals surface area contributed by atoms with Crippen LogP contribution in [0.4, 0.5) is 5.69 Å². The molecular weight excluding hydrogens is 434 g/mol. The first-order valence-corrected chi connectivity index (χ1v) is 11.5. The molecule has 0 atom stereocenters. The van der Waals surface area contributed by atoms with E-state index in [9.17, 15) is 14.4 Å². The van der Waals surface area contributed by atoms with Crippen LogP contribution in [0.25, 0.3) is 20.7 Å². The fourth-order valence-corrected chi connectivity index (χ4v) is 5.33. The minimum atomic E-state index is -0.568. The van der Waals surface area contributed by atoms with Gasteiger partial charge in [-0.05, 0) is 42.1 Å². The molecule has 5 rings (SSSR count). The van der Waals surface area contributed by atoms with Gasteiger partial charge in [-0.2, -0.15) is 0 Å². The Balaban J connectivity index is 1.33. The molecule has 0 aliphatic carbocycles. The number of hydrogen-bond acceptors (Lipinski definition) is 7. The fourth-order valence-electron chi connectivity index (χ4n) is 3.61. The normalized spacial score (nSPS) is 13.8. The number of fused-ring (bicyclic) bond motifs is 1. The van der Waals surface area contributed by atoms with E-state index in [2.05, 4.69) is 4.98 Å². The molecule has 1 amide bonds. The van der Waals surface area contributed by atoms with Gasteiger partial charge >= 0.3 is 5.97 Å². The Labute approximate surface area is 185 Å². The first-order valence-electron chi connectivity index (χ1n) is 9.72. The second-order valence-electron chi connectivity index (χ2n) is 7.10. The van der Waals surface area contributed by atoms with E-state index < -0.39 is 5.97 Å². The number of ether oxygens (including phenoxy) is 1. The SMILES string of the molecule is O=C(Cn1cnc2scc(-c3cccs3)c2c1=O)Oc1ccc(N2CCCC2=O)cc1.